The summed E-state index contributed by atoms with van der Waals surface area (Å²) in [6.45, 7) is 4.18. The number of allylic oxidation sites excluding steroid dienone is 5. The van der Waals surface area contributed by atoms with Crippen LogP contribution in [0.15, 0.2) is 36.6 Å². The summed E-state index contributed by atoms with van der Waals surface area (Å²) in [5.41, 5.74) is 0. The van der Waals surface area contributed by atoms with Crippen LogP contribution in [0.2, 0.25) is 0 Å². The molecule has 0 bridgehead atoms. The van der Waals surface area contributed by atoms with Crippen LogP contribution in [0.4, 0.5) is 0 Å². The van der Waals surface area contributed by atoms with Gasteiger partial charge in [0.15, 0.2) is 0 Å². The van der Waals surface area contributed by atoms with Gasteiger partial charge < -0.3 is 9.64 Å². The second kappa shape index (κ2) is 21.0. The van der Waals surface area contributed by atoms with Crippen LogP contribution in [0, 0.1) is 0 Å². The maximum absolute atomic E-state index is 5.48. The fourth-order valence-electron chi connectivity index (χ4n) is 2.57. The smallest absolute Gasteiger partial charge is 0.0885 e. The molecule has 0 saturated carbocycles. The van der Waals surface area contributed by atoms with E-state index in [1.807, 2.05) is 6.26 Å². The first-order chi connectivity index (χ1) is 12.3. The van der Waals surface area contributed by atoms with Crippen LogP contribution >= 0.6 is 0 Å². The molecular weight excluding hydrogens is 306 g/mol. The van der Waals surface area contributed by atoms with E-state index in [0.29, 0.717) is 0 Å². The maximum atomic E-state index is 5.48. The fraction of sp³-hybridized carbons (Fsp3) is 0.739. The highest BCUT2D eigenvalue weighted by molar-refractivity contribution is 4.92. The molecule has 0 aliphatic carbocycles. The highest BCUT2D eigenvalue weighted by Gasteiger charge is 1.90. The Morgan fingerprint density at radius 1 is 0.680 bits per heavy atom. The van der Waals surface area contributed by atoms with E-state index in [-0.39, 0.29) is 0 Å². The lowest BCUT2D eigenvalue weighted by Gasteiger charge is -2.08. The Labute approximate surface area is 158 Å². The van der Waals surface area contributed by atoms with Crippen molar-refractivity contribution in [2.24, 2.45) is 0 Å². The largest absolute Gasteiger partial charge is 0.501 e. The lowest BCUT2D eigenvalue weighted by Crippen LogP contribution is -2.14. The summed E-state index contributed by atoms with van der Waals surface area (Å²) < 4.78 is 5.48. The van der Waals surface area contributed by atoms with E-state index < -0.39 is 0 Å². The molecule has 0 spiro atoms. The van der Waals surface area contributed by atoms with Crippen molar-refractivity contribution in [1.29, 1.82) is 0 Å². The highest BCUT2D eigenvalue weighted by atomic mass is 16.5. The third-order valence-corrected chi connectivity index (χ3v) is 4.13. The zero-order valence-corrected chi connectivity index (χ0v) is 17.2. The number of hydrogen-bond donors (Lipinski definition) is 0. The molecule has 2 nitrogen and oxygen atoms in total. The molecule has 0 atom stereocenters. The second-order valence-electron chi connectivity index (χ2n) is 7.07. The Balaban J connectivity index is 3.21. The molecule has 0 saturated heterocycles. The average Bonchev–Trinajstić information content (AvgIpc) is 2.60. The molecule has 25 heavy (non-hydrogen) atoms. The monoisotopic (exact) mass is 349 g/mol. The maximum Gasteiger partial charge on any atom is 0.0885 e. The zero-order valence-electron chi connectivity index (χ0n) is 17.2. The van der Waals surface area contributed by atoms with Crippen molar-refractivity contribution in [2.45, 2.75) is 84.0 Å². The van der Waals surface area contributed by atoms with Gasteiger partial charge in [-0.15, -0.1) is 0 Å². The first kappa shape index (κ1) is 24.0. The van der Waals surface area contributed by atoms with Gasteiger partial charge in [0, 0.05) is 6.54 Å². The molecule has 0 fully saturated rings. The minimum absolute atomic E-state index is 0.828. The van der Waals surface area contributed by atoms with Gasteiger partial charge in [0.2, 0.25) is 0 Å². The van der Waals surface area contributed by atoms with Gasteiger partial charge in [-0.05, 0) is 71.5 Å². The number of ether oxygens (including phenoxy) is 1. The Morgan fingerprint density at radius 3 is 1.88 bits per heavy atom. The quantitative estimate of drug-likeness (QED) is 0.152. The summed E-state index contributed by atoms with van der Waals surface area (Å²) >= 11 is 0. The van der Waals surface area contributed by atoms with E-state index in [1.54, 1.807) is 0 Å². The molecule has 0 amide bonds. The summed E-state index contributed by atoms with van der Waals surface area (Å²) in [6.07, 6.45) is 28.5. The first-order valence-electron chi connectivity index (χ1n) is 10.5. The van der Waals surface area contributed by atoms with E-state index in [9.17, 15) is 0 Å². The standard InChI is InChI=1S/C23H43NO/c1-4-5-6-7-8-9-10-11-12-13-14-15-16-17-18-19-22-25-23-20-21-24(2)3/h8-9,11-12,19,22H,4-7,10,13-18,20-21,23H2,1-3H3/b9-8-,12-11-,22-19?. The summed E-state index contributed by atoms with van der Waals surface area (Å²) in [5, 5.41) is 0. The van der Waals surface area contributed by atoms with E-state index in [0.717, 1.165) is 32.4 Å². The number of unbranched alkanes of at least 4 members (excludes halogenated alkanes) is 8. The summed E-state index contributed by atoms with van der Waals surface area (Å²) in [6, 6.07) is 0. The van der Waals surface area contributed by atoms with Crippen molar-refractivity contribution in [3.63, 3.8) is 0 Å². The summed E-state index contributed by atoms with van der Waals surface area (Å²) in [7, 11) is 4.19. The average molecular weight is 350 g/mol. The third-order valence-electron chi connectivity index (χ3n) is 4.13. The third kappa shape index (κ3) is 23.0. The van der Waals surface area contributed by atoms with E-state index in [4.69, 9.17) is 4.74 Å². The summed E-state index contributed by atoms with van der Waals surface area (Å²) in [5.74, 6) is 0. The molecule has 0 rings (SSSR count). The molecule has 0 aromatic heterocycles. The number of hydrogen-bond acceptors (Lipinski definition) is 2. The Bertz CT molecular complexity index is 331. The molecule has 0 aliphatic heterocycles. The van der Waals surface area contributed by atoms with Gasteiger partial charge in [-0.2, -0.15) is 0 Å². The highest BCUT2D eigenvalue weighted by Crippen LogP contribution is 2.07. The molecular formula is C23H43NO. The van der Waals surface area contributed by atoms with Crippen molar-refractivity contribution >= 4 is 0 Å². The van der Waals surface area contributed by atoms with Gasteiger partial charge in [-0.25, -0.2) is 0 Å². The van der Waals surface area contributed by atoms with Crippen LogP contribution in [0.5, 0.6) is 0 Å². The van der Waals surface area contributed by atoms with Crippen molar-refractivity contribution < 1.29 is 4.74 Å². The lowest BCUT2D eigenvalue weighted by molar-refractivity contribution is 0.227. The van der Waals surface area contributed by atoms with Crippen molar-refractivity contribution in [3.8, 4) is 0 Å². The predicted octanol–water partition coefficient (Wildman–Crippen LogP) is 6.89. The molecule has 0 aromatic carbocycles. The molecule has 0 N–H and O–H groups in total. The van der Waals surface area contributed by atoms with Crippen LogP contribution < -0.4 is 0 Å². The topological polar surface area (TPSA) is 12.5 Å². The van der Waals surface area contributed by atoms with E-state index in [1.165, 1.54) is 57.8 Å². The second-order valence-corrected chi connectivity index (χ2v) is 7.07. The summed E-state index contributed by atoms with van der Waals surface area (Å²) in [4.78, 5) is 2.19. The van der Waals surface area contributed by atoms with Crippen LogP contribution in [-0.2, 0) is 4.74 Å². The van der Waals surface area contributed by atoms with Crippen molar-refractivity contribution in [1.82, 2.24) is 4.90 Å². The van der Waals surface area contributed by atoms with Crippen molar-refractivity contribution in [2.75, 3.05) is 27.2 Å². The molecule has 0 radical (unpaired) electrons. The Morgan fingerprint density at radius 2 is 1.28 bits per heavy atom. The predicted molar refractivity (Wildman–Crippen MR) is 113 cm³/mol. The minimum atomic E-state index is 0.828. The van der Waals surface area contributed by atoms with Crippen LogP contribution in [-0.4, -0.2) is 32.1 Å². The lowest BCUT2D eigenvalue weighted by atomic mass is 10.1. The molecule has 146 valence electrons. The molecule has 2 heteroatoms. The van der Waals surface area contributed by atoms with Gasteiger partial charge in [-0.3, -0.25) is 0 Å². The zero-order chi connectivity index (χ0) is 18.4. The molecule has 0 heterocycles. The fourth-order valence-corrected chi connectivity index (χ4v) is 2.57. The van der Waals surface area contributed by atoms with Crippen LogP contribution in [0.3, 0.4) is 0 Å². The van der Waals surface area contributed by atoms with E-state index in [2.05, 4.69) is 56.3 Å². The number of nitrogens with zero attached hydrogens (tertiary/aromatic N) is 1. The Kier molecular flexibility index (Phi) is 20.2. The normalized spacial score (nSPS) is 12.3. The minimum Gasteiger partial charge on any atom is -0.501 e. The molecule has 0 aromatic rings. The van der Waals surface area contributed by atoms with Gasteiger partial charge in [0.05, 0.1) is 12.9 Å². The molecule has 0 aliphatic rings. The van der Waals surface area contributed by atoms with Crippen LogP contribution in [0.1, 0.15) is 84.0 Å². The van der Waals surface area contributed by atoms with Gasteiger partial charge in [0.25, 0.3) is 0 Å². The SMILES string of the molecule is CCCCC/C=C\C/C=C\CCCCCCC=COCCCN(C)C. The number of rotatable bonds is 18. The van der Waals surface area contributed by atoms with E-state index >= 15 is 0 Å². The van der Waals surface area contributed by atoms with Gasteiger partial charge >= 0.3 is 0 Å². The Hall–Kier alpha value is -1.02. The van der Waals surface area contributed by atoms with Gasteiger partial charge in [0.1, 0.15) is 0 Å². The van der Waals surface area contributed by atoms with Crippen LogP contribution in [0.25, 0.3) is 0 Å². The molecule has 0 unspecified atom stereocenters. The van der Waals surface area contributed by atoms with Crippen molar-refractivity contribution in [3.05, 3.63) is 36.6 Å². The first-order valence-corrected chi connectivity index (χ1v) is 10.5. The van der Waals surface area contributed by atoms with Gasteiger partial charge in [-0.1, -0.05) is 56.9 Å².